The first kappa shape index (κ1) is 56.9. The lowest BCUT2D eigenvalue weighted by Crippen LogP contribution is -2.72. The monoisotopic (exact) mass is 1040 g/mol. The van der Waals surface area contributed by atoms with E-state index in [1.807, 2.05) is 13.8 Å². The van der Waals surface area contributed by atoms with E-state index in [1.165, 1.54) is 0 Å². The van der Waals surface area contributed by atoms with Crippen molar-refractivity contribution in [1.82, 2.24) is 0 Å². The number of aliphatic hydroxyl groups is 11. The third kappa shape index (κ3) is 8.80. The summed E-state index contributed by atoms with van der Waals surface area (Å²) >= 11 is 0. The minimum atomic E-state index is -2.09. The molecular weight excluding hydrogens is 961 g/mol. The molecule has 0 aromatic rings. The number of carboxylic acids is 1. The van der Waals surface area contributed by atoms with Crippen LogP contribution in [0.5, 0.6) is 0 Å². The van der Waals surface area contributed by atoms with Gasteiger partial charge in [0.2, 0.25) is 0 Å². The summed E-state index contributed by atoms with van der Waals surface area (Å²) in [6.45, 7) is 16.1. The van der Waals surface area contributed by atoms with Crippen molar-refractivity contribution in [3.63, 3.8) is 0 Å². The van der Waals surface area contributed by atoms with Crippen LogP contribution in [0, 0.1) is 50.2 Å². The summed E-state index contributed by atoms with van der Waals surface area (Å²) in [5, 5.41) is 132. The highest BCUT2D eigenvalue weighted by Crippen LogP contribution is 2.76. The fourth-order valence-electron chi connectivity index (χ4n) is 15.7. The third-order valence-electron chi connectivity index (χ3n) is 20.3. The zero-order chi connectivity index (χ0) is 53.9. The molecule has 25 atom stereocenters. The Bertz CT molecular complexity index is 2100. The van der Waals surface area contributed by atoms with E-state index >= 15 is 0 Å². The number of hydrogen-bond donors (Lipinski definition) is 12. The molecular formula is C52H82O21. The molecule has 0 bridgehead atoms. The predicted octanol–water partition coefficient (Wildman–Crippen LogP) is -0.225. The molecule has 416 valence electrons. The zero-order valence-electron chi connectivity index (χ0n) is 43.4. The average Bonchev–Trinajstić information content (AvgIpc) is 3.60. The Balaban J connectivity index is 1.10. The van der Waals surface area contributed by atoms with Crippen LogP contribution in [0.1, 0.15) is 107 Å². The number of allylic oxidation sites excluding steroid dienone is 3. The summed E-state index contributed by atoms with van der Waals surface area (Å²) < 4.78 is 42.4. The van der Waals surface area contributed by atoms with Gasteiger partial charge in [0.05, 0.1) is 37.4 Å². The van der Waals surface area contributed by atoms with Gasteiger partial charge in [-0.2, -0.15) is 0 Å². The first-order chi connectivity index (χ1) is 34.1. The van der Waals surface area contributed by atoms with E-state index in [4.69, 9.17) is 33.2 Å². The summed E-state index contributed by atoms with van der Waals surface area (Å²) in [6, 6.07) is 0. The normalized spacial score (nSPS) is 51.4. The van der Waals surface area contributed by atoms with Crippen molar-refractivity contribution in [2.24, 2.45) is 50.2 Å². The second-order valence-electron chi connectivity index (χ2n) is 24.6. The Morgan fingerprint density at radius 2 is 1.30 bits per heavy atom. The molecule has 5 aliphatic carbocycles. The molecule has 21 nitrogen and oxygen atoms in total. The first-order valence-electron chi connectivity index (χ1n) is 26.0. The maximum absolute atomic E-state index is 13.1. The van der Waals surface area contributed by atoms with Gasteiger partial charge in [-0.3, -0.25) is 0 Å². The Morgan fingerprint density at radius 3 is 1.88 bits per heavy atom. The van der Waals surface area contributed by atoms with Crippen molar-refractivity contribution in [2.45, 2.75) is 218 Å². The maximum atomic E-state index is 13.1. The van der Waals surface area contributed by atoms with E-state index in [9.17, 15) is 70.9 Å². The molecule has 3 aliphatic heterocycles. The molecule has 8 rings (SSSR count). The Morgan fingerprint density at radius 1 is 0.712 bits per heavy atom. The quantitative estimate of drug-likeness (QED) is 0.0520. The molecule has 0 unspecified atom stereocenters. The molecule has 3 saturated heterocycles. The number of esters is 1. The third-order valence-corrected chi connectivity index (χ3v) is 20.3. The van der Waals surface area contributed by atoms with Gasteiger partial charge in [-0.15, -0.1) is 0 Å². The van der Waals surface area contributed by atoms with Crippen molar-refractivity contribution in [3.05, 3.63) is 23.3 Å². The standard InChI is InChI=1S/C52H82O21/c1-10-22(2)43(66)73-41-40(63)52(21-55)24(17-47(41,3)4)23-11-12-28-49(7)15-14-30(48(5,6)27(49)13-16-50(28,8)51(23,9)18-29(52)56)69-46-39(72-45-35(61)33(59)31(57)25(19-53)67-45)37(36(62)38(71-46)42(64)65)70-44-34(60)32(58)26(20-54)68-44/h10-11,24-41,44-46,53-63H,12-21H2,1-9H3,(H,64,65)/b22-10-/t24-,25+,26-,27-,28+,29+,30-,31-,32-,33-,34+,35+,36-,37-,38-,39+,40-,41-,44-,45-,46+,49-,50+,51+,52-/m0/s1. The number of carboxylic acid groups (broad SMARTS) is 1. The van der Waals surface area contributed by atoms with Crippen molar-refractivity contribution in [2.75, 3.05) is 19.8 Å². The second-order valence-corrected chi connectivity index (χ2v) is 24.6. The molecule has 73 heavy (non-hydrogen) atoms. The number of fused-ring (bicyclic) bond motifs is 7. The van der Waals surface area contributed by atoms with Gasteiger partial charge >= 0.3 is 11.9 Å². The number of ether oxygens (including phenoxy) is 7. The number of carbonyl (C=O) groups is 2. The van der Waals surface area contributed by atoms with Crippen molar-refractivity contribution in [1.29, 1.82) is 0 Å². The molecule has 0 amide bonds. The van der Waals surface area contributed by atoms with Gasteiger partial charge in [-0.1, -0.05) is 66.2 Å². The van der Waals surface area contributed by atoms with E-state index in [1.54, 1.807) is 19.9 Å². The van der Waals surface area contributed by atoms with Gasteiger partial charge in [0, 0.05) is 11.0 Å². The van der Waals surface area contributed by atoms with E-state index in [-0.39, 0.29) is 23.7 Å². The molecule has 0 aromatic heterocycles. The second kappa shape index (κ2) is 20.2. The van der Waals surface area contributed by atoms with Crippen LogP contribution in [0.3, 0.4) is 0 Å². The van der Waals surface area contributed by atoms with Gasteiger partial charge in [0.25, 0.3) is 0 Å². The number of aliphatic carboxylic acids is 1. The lowest BCUT2D eigenvalue weighted by molar-refractivity contribution is -0.386. The predicted molar refractivity (Wildman–Crippen MR) is 252 cm³/mol. The van der Waals surface area contributed by atoms with Crippen LogP contribution in [0.4, 0.5) is 0 Å². The molecule has 0 aromatic carbocycles. The van der Waals surface area contributed by atoms with Gasteiger partial charge < -0.3 is 94.4 Å². The van der Waals surface area contributed by atoms with E-state index in [0.717, 1.165) is 12.0 Å². The van der Waals surface area contributed by atoms with Crippen LogP contribution >= 0.6 is 0 Å². The first-order valence-corrected chi connectivity index (χ1v) is 26.0. The highest BCUT2D eigenvalue weighted by Gasteiger charge is 2.73. The van der Waals surface area contributed by atoms with Crippen molar-refractivity contribution < 1.29 is 104 Å². The highest BCUT2D eigenvalue weighted by atomic mass is 16.8. The largest absolute Gasteiger partial charge is 0.479 e. The van der Waals surface area contributed by atoms with Gasteiger partial charge in [0.1, 0.15) is 73.2 Å². The minimum absolute atomic E-state index is 0.0350. The average molecular weight is 1040 g/mol. The molecule has 12 N–H and O–H groups in total. The van der Waals surface area contributed by atoms with E-state index < -0.39 is 175 Å². The lowest BCUT2D eigenvalue weighted by atomic mass is 9.33. The van der Waals surface area contributed by atoms with E-state index in [2.05, 4.69) is 40.7 Å². The molecule has 4 saturated carbocycles. The molecule has 8 aliphatic rings. The molecule has 7 fully saturated rings. The molecule has 0 radical (unpaired) electrons. The van der Waals surface area contributed by atoms with Crippen LogP contribution < -0.4 is 0 Å². The smallest absolute Gasteiger partial charge is 0.335 e. The lowest BCUT2D eigenvalue weighted by Gasteiger charge is -2.72. The molecule has 0 spiro atoms. The van der Waals surface area contributed by atoms with E-state index in [0.29, 0.717) is 37.7 Å². The maximum Gasteiger partial charge on any atom is 0.335 e. The number of carbonyl (C=O) groups excluding carboxylic acids is 1. The van der Waals surface area contributed by atoms with Crippen LogP contribution in [-0.4, -0.2) is 203 Å². The summed E-state index contributed by atoms with van der Waals surface area (Å²) in [5.74, 6) is -2.59. The Kier molecular flexibility index (Phi) is 15.7. The van der Waals surface area contributed by atoms with Crippen LogP contribution in [-0.2, 0) is 42.7 Å². The fraction of sp³-hybridized carbons (Fsp3) is 0.885. The number of rotatable bonds is 12. The van der Waals surface area contributed by atoms with Gasteiger partial charge in [-0.05, 0) is 98.2 Å². The van der Waals surface area contributed by atoms with Gasteiger partial charge in [0.15, 0.2) is 25.0 Å². The summed E-state index contributed by atoms with van der Waals surface area (Å²) in [6.07, 6.45) is -21.4. The Labute approximate surface area is 426 Å². The summed E-state index contributed by atoms with van der Waals surface area (Å²) in [4.78, 5) is 26.0. The molecule has 21 heteroatoms. The van der Waals surface area contributed by atoms with Crippen LogP contribution in [0.25, 0.3) is 0 Å². The summed E-state index contributed by atoms with van der Waals surface area (Å²) in [5.41, 5.74) is -2.67. The van der Waals surface area contributed by atoms with Gasteiger partial charge in [-0.25, -0.2) is 9.59 Å². The topological polar surface area (TPSA) is 342 Å². The summed E-state index contributed by atoms with van der Waals surface area (Å²) in [7, 11) is 0. The minimum Gasteiger partial charge on any atom is -0.479 e. The SMILES string of the molecule is C/C=C(/C)C(=O)O[C@H]1[C@H](O)[C@]2(CO)[C@H](O)C[C@]3(C)C(=CC[C@@H]4[C@@]5(C)CC[C@H](O[C@@H]6O[C@H](C(=O)O)[C@@H](O)[C@H](O[C@@H]7O[C@@H](CO)[C@H](O)[C@H]7O)[C@H]6O[C@@H]6O[C@H](CO)[C@H](O)[C@H](O)[C@H]6O)C(C)(C)[C@@H]5CC[C@]43C)[C@@H]2CC1(C)C. The van der Waals surface area contributed by atoms with Crippen LogP contribution in [0.15, 0.2) is 23.3 Å². The number of aliphatic hydroxyl groups excluding tert-OH is 11. The molecule has 3 heterocycles. The number of hydrogen-bond acceptors (Lipinski definition) is 20. The van der Waals surface area contributed by atoms with Crippen molar-refractivity contribution in [3.8, 4) is 0 Å². The highest BCUT2D eigenvalue weighted by molar-refractivity contribution is 5.87. The Hall–Kier alpha value is -2.26. The fourth-order valence-corrected chi connectivity index (χ4v) is 15.7. The zero-order valence-corrected chi connectivity index (χ0v) is 43.4. The van der Waals surface area contributed by atoms with Crippen molar-refractivity contribution >= 4 is 11.9 Å². The van der Waals surface area contributed by atoms with Crippen LogP contribution in [0.2, 0.25) is 0 Å².